The van der Waals surface area contributed by atoms with Crippen molar-refractivity contribution < 1.29 is 0 Å². The molecule has 2 nitrogen and oxygen atoms in total. The first-order chi connectivity index (χ1) is 8.02. The summed E-state index contributed by atoms with van der Waals surface area (Å²) in [5.41, 5.74) is 7.81. The lowest BCUT2D eigenvalue weighted by Gasteiger charge is -2.20. The summed E-state index contributed by atoms with van der Waals surface area (Å²) in [5.74, 6) is 0.746. The van der Waals surface area contributed by atoms with Crippen molar-refractivity contribution in [2.45, 2.75) is 26.8 Å². The zero-order valence-electron chi connectivity index (χ0n) is 10.9. The molecule has 94 valence electrons. The standard InChI is InChI=1S/C14H22N2S/c1-4-11(2)9-16(3)10-12-5-7-13(8-6-12)14(15)17/h5-8,11H,4,9-10H2,1-3H3,(H2,15,17). The second-order valence-corrected chi connectivity index (χ2v) is 5.21. The third-order valence-electron chi connectivity index (χ3n) is 3.01. The van der Waals surface area contributed by atoms with Gasteiger partial charge in [0.1, 0.15) is 4.99 Å². The van der Waals surface area contributed by atoms with Crippen LogP contribution in [0.15, 0.2) is 24.3 Å². The van der Waals surface area contributed by atoms with Gasteiger partial charge in [-0.1, -0.05) is 56.8 Å². The van der Waals surface area contributed by atoms with Gasteiger partial charge in [-0.15, -0.1) is 0 Å². The average Bonchev–Trinajstić information content (AvgIpc) is 2.29. The minimum atomic E-state index is 0.463. The van der Waals surface area contributed by atoms with Crippen LogP contribution in [0.1, 0.15) is 31.4 Å². The topological polar surface area (TPSA) is 29.3 Å². The van der Waals surface area contributed by atoms with Crippen LogP contribution in [0.25, 0.3) is 0 Å². The molecule has 1 aromatic rings. The maximum Gasteiger partial charge on any atom is 0.103 e. The molecule has 0 fully saturated rings. The van der Waals surface area contributed by atoms with E-state index in [1.165, 1.54) is 12.0 Å². The van der Waals surface area contributed by atoms with Gasteiger partial charge in [-0.05, 0) is 18.5 Å². The van der Waals surface area contributed by atoms with Crippen LogP contribution in [-0.4, -0.2) is 23.5 Å². The molecule has 0 aliphatic heterocycles. The lowest BCUT2D eigenvalue weighted by atomic mass is 10.1. The number of rotatable bonds is 6. The summed E-state index contributed by atoms with van der Waals surface area (Å²) in [5, 5.41) is 0. The Labute approximate surface area is 110 Å². The van der Waals surface area contributed by atoms with Crippen LogP contribution < -0.4 is 5.73 Å². The molecule has 1 unspecified atom stereocenters. The van der Waals surface area contributed by atoms with Crippen molar-refractivity contribution in [3.63, 3.8) is 0 Å². The fraction of sp³-hybridized carbons (Fsp3) is 0.500. The van der Waals surface area contributed by atoms with Crippen LogP contribution in [0.5, 0.6) is 0 Å². The van der Waals surface area contributed by atoms with Crippen LogP contribution >= 0.6 is 12.2 Å². The third kappa shape index (κ3) is 4.84. The first-order valence-electron chi connectivity index (χ1n) is 6.10. The molecule has 1 atom stereocenters. The molecule has 0 heterocycles. The summed E-state index contributed by atoms with van der Waals surface area (Å²) in [6, 6.07) is 8.19. The highest BCUT2D eigenvalue weighted by molar-refractivity contribution is 7.80. The van der Waals surface area contributed by atoms with Gasteiger partial charge in [0.05, 0.1) is 0 Å². The lowest BCUT2D eigenvalue weighted by Crippen LogP contribution is -2.23. The highest BCUT2D eigenvalue weighted by Gasteiger charge is 2.05. The van der Waals surface area contributed by atoms with E-state index in [1.807, 2.05) is 12.1 Å². The number of nitrogens with two attached hydrogens (primary N) is 1. The first kappa shape index (κ1) is 14.1. The molecule has 2 N–H and O–H groups in total. The van der Waals surface area contributed by atoms with Crippen LogP contribution in [0.2, 0.25) is 0 Å². The van der Waals surface area contributed by atoms with Gasteiger partial charge in [-0.25, -0.2) is 0 Å². The maximum atomic E-state index is 5.57. The molecule has 3 heteroatoms. The van der Waals surface area contributed by atoms with Crippen molar-refractivity contribution in [3.05, 3.63) is 35.4 Å². The molecule has 1 rings (SSSR count). The SMILES string of the molecule is CCC(C)CN(C)Cc1ccc(C(N)=S)cc1. The van der Waals surface area contributed by atoms with E-state index < -0.39 is 0 Å². The van der Waals surface area contributed by atoms with Crippen molar-refractivity contribution >= 4 is 17.2 Å². The summed E-state index contributed by atoms with van der Waals surface area (Å²) < 4.78 is 0. The summed E-state index contributed by atoms with van der Waals surface area (Å²) in [7, 11) is 2.16. The lowest BCUT2D eigenvalue weighted by molar-refractivity contribution is 0.275. The largest absolute Gasteiger partial charge is 0.389 e. The van der Waals surface area contributed by atoms with Crippen LogP contribution in [0.4, 0.5) is 0 Å². The fourth-order valence-corrected chi connectivity index (χ4v) is 1.95. The Morgan fingerprint density at radius 2 is 1.94 bits per heavy atom. The molecule has 0 aliphatic rings. The van der Waals surface area contributed by atoms with E-state index in [0.29, 0.717) is 4.99 Å². The highest BCUT2D eigenvalue weighted by Crippen LogP contribution is 2.09. The van der Waals surface area contributed by atoms with E-state index >= 15 is 0 Å². The molecular formula is C14H22N2S. The van der Waals surface area contributed by atoms with E-state index in [9.17, 15) is 0 Å². The second-order valence-electron chi connectivity index (χ2n) is 4.77. The van der Waals surface area contributed by atoms with Gasteiger partial charge >= 0.3 is 0 Å². The zero-order valence-corrected chi connectivity index (χ0v) is 11.8. The summed E-state index contributed by atoms with van der Waals surface area (Å²) in [4.78, 5) is 2.81. The Kier molecular flexibility index (Phi) is 5.59. The summed E-state index contributed by atoms with van der Waals surface area (Å²) in [6.07, 6.45) is 1.23. The summed E-state index contributed by atoms with van der Waals surface area (Å²) in [6.45, 7) is 6.62. The number of thiocarbonyl (C=S) groups is 1. The molecule has 0 amide bonds. The van der Waals surface area contributed by atoms with E-state index in [-0.39, 0.29) is 0 Å². The highest BCUT2D eigenvalue weighted by atomic mass is 32.1. The van der Waals surface area contributed by atoms with Crippen molar-refractivity contribution in [1.82, 2.24) is 4.90 Å². The normalized spacial score (nSPS) is 12.7. The summed E-state index contributed by atoms with van der Waals surface area (Å²) >= 11 is 4.93. The van der Waals surface area contributed by atoms with Crippen LogP contribution in [0, 0.1) is 5.92 Å². The van der Waals surface area contributed by atoms with Gasteiger partial charge in [0.25, 0.3) is 0 Å². The van der Waals surface area contributed by atoms with E-state index in [4.69, 9.17) is 18.0 Å². The smallest absolute Gasteiger partial charge is 0.103 e. The fourth-order valence-electron chi connectivity index (χ4n) is 1.81. The third-order valence-corrected chi connectivity index (χ3v) is 3.25. The molecule has 17 heavy (non-hydrogen) atoms. The Morgan fingerprint density at radius 3 is 2.41 bits per heavy atom. The van der Waals surface area contributed by atoms with Gasteiger partial charge < -0.3 is 10.6 Å². The quantitative estimate of drug-likeness (QED) is 0.787. The van der Waals surface area contributed by atoms with Gasteiger partial charge in [0.15, 0.2) is 0 Å². The predicted molar refractivity (Wildman–Crippen MR) is 78.1 cm³/mol. The average molecular weight is 250 g/mol. The van der Waals surface area contributed by atoms with Crippen molar-refractivity contribution in [1.29, 1.82) is 0 Å². The Balaban J connectivity index is 2.54. The Bertz CT molecular complexity index is 359. The monoisotopic (exact) mass is 250 g/mol. The van der Waals surface area contributed by atoms with Crippen LogP contribution in [-0.2, 0) is 6.54 Å². The van der Waals surface area contributed by atoms with Gasteiger partial charge in [0.2, 0.25) is 0 Å². The molecule has 0 aliphatic carbocycles. The maximum absolute atomic E-state index is 5.57. The number of benzene rings is 1. The van der Waals surface area contributed by atoms with Crippen LogP contribution in [0.3, 0.4) is 0 Å². The minimum absolute atomic E-state index is 0.463. The van der Waals surface area contributed by atoms with E-state index in [1.54, 1.807) is 0 Å². The zero-order chi connectivity index (χ0) is 12.8. The number of nitrogens with zero attached hydrogens (tertiary/aromatic N) is 1. The molecule has 0 bridgehead atoms. The van der Waals surface area contributed by atoms with Gasteiger partial charge in [-0.3, -0.25) is 0 Å². The van der Waals surface area contributed by atoms with E-state index in [2.05, 4.69) is 37.9 Å². The molecule has 0 aromatic heterocycles. The first-order valence-corrected chi connectivity index (χ1v) is 6.51. The molecular weight excluding hydrogens is 228 g/mol. The van der Waals surface area contributed by atoms with E-state index in [0.717, 1.165) is 24.6 Å². The van der Waals surface area contributed by atoms with Gasteiger partial charge in [0, 0.05) is 18.7 Å². The van der Waals surface area contributed by atoms with Crippen molar-refractivity contribution in [2.75, 3.05) is 13.6 Å². The van der Waals surface area contributed by atoms with Crippen molar-refractivity contribution in [3.8, 4) is 0 Å². The molecule has 0 saturated heterocycles. The van der Waals surface area contributed by atoms with Crippen molar-refractivity contribution in [2.24, 2.45) is 11.7 Å². The second kappa shape index (κ2) is 6.72. The molecule has 0 radical (unpaired) electrons. The minimum Gasteiger partial charge on any atom is -0.389 e. The predicted octanol–water partition coefficient (Wildman–Crippen LogP) is 2.80. The molecule has 0 spiro atoms. The molecule has 1 aromatic carbocycles. The van der Waals surface area contributed by atoms with Gasteiger partial charge in [-0.2, -0.15) is 0 Å². The number of hydrogen-bond donors (Lipinski definition) is 1. The Hall–Kier alpha value is -0.930. The molecule has 0 saturated carbocycles. The Morgan fingerprint density at radius 1 is 1.35 bits per heavy atom. The number of hydrogen-bond acceptors (Lipinski definition) is 2.